The maximum absolute atomic E-state index is 13.0. The molecule has 0 aromatic heterocycles. The Morgan fingerprint density at radius 3 is 2.37 bits per heavy atom. The Kier molecular flexibility index (Phi) is 7.52. The predicted octanol–water partition coefficient (Wildman–Crippen LogP) is 2.62. The Balaban J connectivity index is 1.46. The summed E-state index contributed by atoms with van der Waals surface area (Å²) in [6.45, 7) is 6.38. The molecule has 6 nitrogen and oxygen atoms in total. The zero-order valence-corrected chi connectivity index (χ0v) is 19.0. The van der Waals surface area contributed by atoms with Crippen molar-refractivity contribution in [3.05, 3.63) is 64.2 Å². The third-order valence-corrected chi connectivity index (χ3v) is 7.60. The van der Waals surface area contributed by atoms with E-state index in [1.54, 1.807) is 6.07 Å². The molecule has 1 amide bonds. The van der Waals surface area contributed by atoms with Crippen LogP contribution in [0.25, 0.3) is 0 Å². The topological polar surface area (TPSA) is 69.7 Å². The van der Waals surface area contributed by atoms with Crippen LogP contribution in [-0.2, 0) is 21.2 Å². The van der Waals surface area contributed by atoms with E-state index in [1.165, 1.54) is 4.31 Å². The highest BCUT2D eigenvalue weighted by Crippen LogP contribution is 2.22. The van der Waals surface area contributed by atoms with Gasteiger partial charge in [-0.2, -0.15) is 4.31 Å². The molecule has 162 valence electrons. The van der Waals surface area contributed by atoms with Gasteiger partial charge in [0.15, 0.2) is 0 Å². The van der Waals surface area contributed by atoms with Crippen LogP contribution in [0.4, 0.5) is 0 Å². The molecule has 1 aliphatic heterocycles. The van der Waals surface area contributed by atoms with Crippen LogP contribution >= 0.6 is 11.6 Å². The number of carbonyl (C=O) groups excluding carboxylic acids is 1. The number of hydrogen-bond acceptors (Lipinski definition) is 4. The number of nitrogens with one attached hydrogen (secondary N) is 1. The minimum atomic E-state index is -3.52. The van der Waals surface area contributed by atoms with Gasteiger partial charge in [-0.05, 0) is 55.2 Å². The Morgan fingerprint density at radius 2 is 1.70 bits per heavy atom. The first kappa shape index (κ1) is 22.7. The average molecular weight is 450 g/mol. The molecule has 1 saturated heterocycles. The van der Waals surface area contributed by atoms with E-state index in [1.807, 2.05) is 55.1 Å². The van der Waals surface area contributed by atoms with E-state index in [0.29, 0.717) is 42.6 Å². The van der Waals surface area contributed by atoms with E-state index >= 15 is 0 Å². The summed E-state index contributed by atoms with van der Waals surface area (Å²) < 4.78 is 27.5. The molecule has 1 N–H and O–H groups in total. The fourth-order valence-electron chi connectivity index (χ4n) is 3.51. The van der Waals surface area contributed by atoms with Crippen LogP contribution in [0.1, 0.15) is 16.7 Å². The van der Waals surface area contributed by atoms with Gasteiger partial charge in [0.25, 0.3) is 0 Å². The van der Waals surface area contributed by atoms with Crippen LogP contribution in [0.15, 0.2) is 47.4 Å². The maximum Gasteiger partial charge on any atom is 0.243 e. The quantitative estimate of drug-likeness (QED) is 0.705. The van der Waals surface area contributed by atoms with Gasteiger partial charge in [0, 0.05) is 37.7 Å². The van der Waals surface area contributed by atoms with Crippen molar-refractivity contribution >= 4 is 27.5 Å². The summed E-state index contributed by atoms with van der Waals surface area (Å²) >= 11 is 5.88. The van der Waals surface area contributed by atoms with Crippen molar-refractivity contribution in [1.29, 1.82) is 0 Å². The van der Waals surface area contributed by atoms with E-state index in [2.05, 4.69) is 5.32 Å². The number of aryl methyl sites for hydroxylation is 2. The fourth-order valence-corrected chi connectivity index (χ4v) is 5.37. The lowest BCUT2D eigenvalue weighted by Gasteiger charge is -2.33. The van der Waals surface area contributed by atoms with Crippen molar-refractivity contribution in [2.75, 3.05) is 39.3 Å². The first-order chi connectivity index (χ1) is 14.3. The Labute approximate surface area is 183 Å². The molecule has 2 aromatic carbocycles. The maximum atomic E-state index is 13.0. The van der Waals surface area contributed by atoms with Gasteiger partial charge in [-0.3, -0.25) is 9.69 Å². The first-order valence-electron chi connectivity index (χ1n) is 10.1. The first-order valence-corrected chi connectivity index (χ1v) is 11.9. The molecular formula is C22H28ClN3O3S. The molecule has 8 heteroatoms. The van der Waals surface area contributed by atoms with E-state index < -0.39 is 10.0 Å². The summed E-state index contributed by atoms with van der Waals surface area (Å²) in [6.07, 6.45) is 0.741. The third-order valence-electron chi connectivity index (χ3n) is 5.31. The van der Waals surface area contributed by atoms with Crippen molar-refractivity contribution in [3.63, 3.8) is 0 Å². The molecule has 2 aromatic rings. The molecule has 0 unspecified atom stereocenters. The smallest absolute Gasteiger partial charge is 0.243 e. The lowest BCUT2D eigenvalue weighted by atomic mass is 10.1. The van der Waals surface area contributed by atoms with Crippen LogP contribution in [0.5, 0.6) is 0 Å². The van der Waals surface area contributed by atoms with E-state index in [4.69, 9.17) is 11.6 Å². The number of hydrogen-bond donors (Lipinski definition) is 1. The molecule has 1 aliphatic rings. The highest BCUT2D eigenvalue weighted by Gasteiger charge is 2.30. The molecule has 0 radical (unpaired) electrons. The molecule has 0 atom stereocenters. The molecule has 0 spiro atoms. The second-order valence-electron chi connectivity index (χ2n) is 7.68. The van der Waals surface area contributed by atoms with Gasteiger partial charge in [-0.15, -0.1) is 0 Å². The largest absolute Gasteiger partial charge is 0.355 e. The number of carbonyl (C=O) groups is 1. The van der Waals surface area contributed by atoms with E-state index in [9.17, 15) is 13.2 Å². The van der Waals surface area contributed by atoms with Crippen LogP contribution in [-0.4, -0.2) is 62.8 Å². The van der Waals surface area contributed by atoms with Crippen LogP contribution in [0.2, 0.25) is 5.02 Å². The molecule has 1 fully saturated rings. The van der Waals surface area contributed by atoms with Gasteiger partial charge in [-0.1, -0.05) is 35.9 Å². The summed E-state index contributed by atoms with van der Waals surface area (Å²) in [5, 5.41) is 3.62. The second kappa shape index (κ2) is 9.92. The van der Waals surface area contributed by atoms with Crippen LogP contribution in [0.3, 0.4) is 0 Å². The summed E-state index contributed by atoms with van der Waals surface area (Å²) in [7, 11) is -3.52. The number of sulfonamides is 1. The molecule has 1 heterocycles. The summed E-state index contributed by atoms with van der Waals surface area (Å²) in [5.74, 6) is -0.0465. The van der Waals surface area contributed by atoms with Crippen molar-refractivity contribution in [3.8, 4) is 0 Å². The second-order valence-corrected chi connectivity index (χ2v) is 10.0. The zero-order valence-electron chi connectivity index (χ0n) is 17.4. The van der Waals surface area contributed by atoms with Crippen molar-refractivity contribution < 1.29 is 13.2 Å². The zero-order chi connectivity index (χ0) is 21.7. The Hall–Kier alpha value is -1.93. The number of amides is 1. The van der Waals surface area contributed by atoms with Crippen LogP contribution in [0, 0.1) is 13.8 Å². The molecular weight excluding hydrogens is 422 g/mol. The molecule has 0 bridgehead atoms. The summed E-state index contributed by atoms with van der Waals surface area (Å²) in [5.41, 5.74) is 2.79. The monoisotopic (exact) mass is 449 g/mol. The van der Waals surface area contributed by atoms with Gasteiger partial charge in [0.05, 0.1) is 11.4 Å². The highest BCUT2D eigenvalue weighted by atomic mass is 35.5. The number of piperazine rings is 1. The number of benzene rings is 2. The van der Waals surface area contributed by atoms with Crippen molar-refractivity contribution in [2.24, 2.45) is 0 Å². The van der Waals surface area contributed by atoms with E-state index in [-0.39, 0.29) is 12.5 Å². The molecule has 30 heavy (non-hydrogen) atoms. The van der Waals surface area contributed by atoms with Gasteiger partial charge in [-0.25, -0.2) is 8.42 Å². The highest BCUT2D eigenvalue weighted by molar-refractivity contribution is 7.89. The lowest BCUT2D eigenvalue weighted by Crippen LogP contribution is -2.51. The summed E-state index contributed by atoms with van der Waals surface area (Å²) in [4.78, 5) is 14.6. The fraction of sp³-hybridized carbons (Fsp3) is 0.409. The summed E-state index contributed by atoms with van der Waals surface area (Å²) in [6, 6.07) is 13.1. The average Bonchev–Trinajstić information content (AvgIpc) is 2.71. The standard InChI is InChI=1S/C22H28ClN3O3S/c1-17-3-4-18(2)21(15-17)30(28,29)26-13-11-25(12-14-26)16-22(27)24-10-9-19-5-7-20(23)8-6-19/h3-8,15H,9-14,16H2,1-2H3,(H,24,27). The van der Waals surface area contributed by atoms with Crippen LogP contribution < -0.4 is 5.32 Å². The molecule has 0 saturated carbocycles. The van der Waals surface area contributed by atoms with Gasteiger partial charge < -0.3 is 5.32 Å². The number of nitrogens with zero attached hydrogens (tertiary/aromatic N) is 2. The van der Waals surface area contributed by atoms with Crippen molar-refractivity contribution in [2.45, 2.75) is 25.2 Å². The lowest BCUT2D eigenvalue weighted by molar-refractivity contribution is -0.122. The SMILES string of the molecule is Cc1ccc(C)c(S(=O)(=O)N2CCN(CC(=O)NCCc3ccc(Cl)cc3)CC2)c1. The molecule has 0 aliphatic carbocycles. The minimum Gasteiger partial charge on any atom is -0.355 e. The predicted molar refractivity (Wildman–Crippen MR) is 119 cm³/mol. The third kappa shape index (κ3) is 5.82. The minimum absolute atomic E-state index is 0.0465. The number of rotatable bonds is 7. The Morgan fingerprint density at radius 1 is 1.03 bits per heavy atom. The van der Waals surface area contributed by atoms with Gasteiger partial charge in [0.2, 0.25) is 15.9 Å². The van der Waals surface area contributed by atoms with Crippen molar-refractivity contribution in [1.82, 2.24) is 14.5 Å². The van der Waals surface area contributed by atoms with E-state index in [0.717, 1.165) is 23.1 Å². The Bertz CT molecular complexity index is 985. The normalized spacial score (nSPS) is 15.8. The number of halogens is 1. The van der Waals surface area contributed by atoms with Gasteiger partial charge >= 0.3 is 0 Å². The van der Waals surface area contributed by atoms with Gasteiger partial charge in [0.1, 0.15) is 0 Å². The molecule has 3 rings (SSSR count).